The molecule has 0 saturated heterocycles. The summed E-state index contributed by atoms with van der Waals surface area (Å²) in [5.41, 5.74) is 7.04. The number of para-hydroxylation sites is 1. The van der Waals surface area contributed by atoms with Gasteiger partial charge in [0.05, 0.1) is 10.2 Å². The number of amides is 1. The molecule has 4 fully saturated rings. The lowest BCUT2D eigenvalue weighted by atomic mass is 9.55. The third-order valence-corrected chi connectivity index (χ3v) is 9.36. The molecule has 6 heteroatoms. The lowest BCUT2D eigenvalue weighted by molar-refractivity contribution is 0.0942. The number of aromatic nitrogens is 1. The SMILES string of the molecule is O=C(NN=C1C2CC3CC(C2)CC1C3)c1ccc(CSc2nc3ccccc3s2)cc1. The average Bonchev–Trinajstić information content (AvgIpc) is 3.20. The van der Waals surface area contributed by atoms with Gasteiger partial charge in [0.1, 0.15) is 0 Å². The summed E-state index contributed by atoms with van der Waals surface area (Å²) in [5, 5.41) is 4.62. The zero-order valence-corrected chi connectivity index (χ0v) is 18.9. The molecule has 158 valence electrons. The third kappa shape index (κ3) is 3.92. The molecule has 0 spiro atoms. The maximum Gasteiger partial charge on any atom is 0.271 e. The highest BCUT2D eigenvalue weighted by atomic mass is 32.2. The van der Waals surface area contributed by atoms with E-state index in [-0.39, 0.29) is 5.91 Å². The highest BCUT2D eigenvalue weighted by molar-refractivity contribution is 8.00. The van der Waals surface area contributed by atoms with E-state index in [1.54, 1.807) is 23.1 Å². The molecule has 1 N–H and O–H groups in total. The Morgan fingerprint density at radius 3 is 2.42 bits per heavy atom. The molecular formula is C25H25N3OS2. The minimum Gasteiger partial charge on any atom is -0.267 e. The molecule has 1 heterocycles. The Kier molecular flexibility index (Phi) is 5.07. The molecule has 0 radical (unpaired) electrons. The third-order valence-electron chi connectivity index (χ3n) is 7.11. The Labute approximate surface area is 190 Å². The molecule has 4 aliphatic carbocycles. The molecule has 1 amide bonds. The first-order valence-corrected chi connectivity index (χ1v) is 13.0. The number of thioether (sulfide) groups is 1. The number of carbonyl (C=O) groups excluding carboxylic acids is 1. The second kappa shape index (κ2) is 8.06. The molecular weight excluding hydrogens is 422 g/mol. The summed E-state index contributed by atoms with van der Waals surface area (Å²) in [6.07, 6.45) is 6.55. The first-order chi connectivity index (χ1) is 15.2. The molecule has 0 unspecified atom stereocenters. The Morgan fingerprint density at radius 1 is 1.00 bits per heavy atom. The number of carbonyl (C=O) groups is 1. The summed E-state index contributed by atoms with van der Waals surface area (Å²) in [4.78, 5) is 17.3. The number of fused-ring (bicyclic) bond motifs is 1. The van der Waals surface area contributed by atoms with Gasteiger partial charge in [-0.3, -0.25) is 4.79 Å². The number of nitrogens with one attached hydrogen (secondary N) is 1. The van der Waals surface area contributed by atoms with Crippen molar-refractivity contribution in [2.24, 2.45) is 28.8 Å². The van der Waals surface area contributed by atoms with E-state index in [0.717, 1.165) is 27.4 Å². The van der Waals surface area contributed by atoms with Gasteiger partial charge in [0.2, 0.25) is 0 Å². The fraction of sp³-hybridized carbons (Fsp3) is 0.400. The van der Waals surface area contributed by atoms with Crippen LogP contribution in [0.2, 0.25) is 0 Å². The maximum absolute atomic E-state index is 12.6. The van der Waals surface area contributed by atoms with E-state index in [1.165, 1.54) is 48.1 Å². The number of rotatable bonds is 5. The Morgan fingerprint density at radius 2 is 1.71 bits per heavy atom. The lowest BCUT2D eigenvalue weighted by Gasteiger charge is -2.50. The predicted octanol–water partition coefficient (Wildman–Crippen LogP) is 6.13. The van der Waals surface area contributed by atoms with E-state index in [9.17, 15) is 4.79 Å². The summed E-state index contributed by atoms with van der Waals surface area (Å²) in [5.74, 6) is 3.77. The van der Waals surface area contributed by atoms with Gasteiger partial charge < -0.3 is 0 Å². The number of benzene rings is 2. The van der Waals surface area contributed by atoms with Crippen LogP contribution in [0.25, 0.3) is 10.2 Å². The fourth-order valence-corrected chi connectivity index (χ4v) is 7.86. The van der Waals surface area contributed by atoms with E-state index >= 15 is 0 Å². The van der Waals surface area contributed by atoms with E-state index in [2.05, 4.69) is 27.6 Å². The molecule has 0 aliphatic heterocycles. The molecule has 4 nitrogen and oxygen atoms in total. The number of hydrogen-bond acceptors (Lipinski definition) is 5. The van der Waals surface area contributed by atoms with Gasteiger partial charge in [0.25, 0.3) is 5.91 Å². The number of hydrazone groups is 1. The molecule has 3 aromatic rings. The molecule has 31 heavy (non-hydrogen) atoms. The zero-order chi connectivity index (χ0) is 20.8. The average molecular weight is 448 g/mol. The fourth-order valence-electron chi connectivity index (χ4n) is 5.84. The van der Waals surface area contributed by atoms with Gasteiger partial charge in [0.15, 0.2) is 4.34 Å². The van der Waals surface area contributed by atoms with Gasteiger partial charge in [-0.05, 0) is 85.6 Å². The van der Waals surface area contributed by atoms with Gasteiger partial charge in [-0.2, -0.15) is 5.10 Å². The van der Waals surface area contributed by atoms with E-state index in [4.69, 9.17) is 0 Å². The van der Waals surface area contributed by atoms with Crippen LogP contribution in [0, 0.1) is 23.7 Å². The van der Waals surface area contributed by atoms with E-state index < -0.39 is 0 Å². The smallest absolute Gasteiger partial charge is 0.267 e. The monoisotopic (exact) mass is 447 g/mol. The summed E-state index contributed by atoms with van der Waals surface area (Å²) in [6.45, 7) is 0. The van der Waals surface area contributed by atoms with Crippen molar-refractivity contribution >= 4 is 44.9 Å². The zero-order valence-electron chi connectivity index (χ0n) is 17.3. The topological polar surface area (TPSA) is 54.4 Å². The summed E-state index contributed by atoms with van der Waals surface area (Å²) in [6, 6.07) is 16.1. The summed E-state index contributed by atoms with van der Waals surface area (Å²) >= 11 is 3.47. The summed E-state index contributed by atoms with van der Waals surface area (Å²) < 4.78 is 2.30. The molecule has 4 aliphatic rings. The minimum absolute atomic E-state index is 0.105. The van der Waals surface area contributed by atoms with Crippen molar-refractivity contribution in [3.8, 4) is 0 Å². The van der Waals surface area contributed by atoms with Crippen LogP contribution in [0.5, 0.6) is 0 Å². The minimum atomic E-state index is -0.105. The first kappa shape index (κ1) is 19.5. The Hall–Kier alpha value is -2.18. The van der Waals surface area contributed by atoms with Crippen LogP contribution < -0.4 is 5.43 Å². The van der Waals surface area contributed by atoms with Gasteiger partial charge in [-0.1, -0.05) is 36.0 Å². The first-order valence-electron chi connectivity index (χ1n) is 11.2. The second-order valence-corrected chi connectivity index (χ2v) is 11.5. The molecule has 0 atom stereocenters. The van der Waals surface area contributed by atoms with Crippen molar-refractivity contribution < 1.29 is 4.79 Å². The highest BCUT2D eigenvalue weighted by Gasteiger charge is 2.46. The van der Waals surface area contributed by atoms with Crippen molar-refractivity contribution in [2.75, 3.05) is 0 Å². The van der Waals surface area contributed by atoms with E-state index in [0.29, 0.717) is 17.4 Å². The van der Waals surface area contributed by atoms with Crippen molar-refractivity contribution in [1.29, 1.82) is 0 Å². The van der Waals surface area contributed by atoms with Gasteiger partial charge in [-0.25, -0.2) is 10.4 Å². The Balaban J connectivity index is 1.07. The largest absolute Gasteiger partial charge is 0.271 e. The second-order valence-electron chi connectivity index (χ2n) is 9.22. The van der Waals surface area contributed by atoms with Crippen molar-refractivity contribution in [3.63, 3.8) is 0 Å². The van der Waals surface area contributed by atoms with Crippen molar-refractivity contribution in [3.05, 3.63) is 59.7 Å². The van der Waals surface area contributed by atoms with Crippen LogP contribution in [0.4, 0.5) is 0 Å². The van der Waals surface area contributed by atoms with Crippen LogP contribution in [-0.2, 0) is 5.75 Å². The normalized spacial score (nSPS) is 26.4. The molecule has 4 saturated carbocycles. The van der Waals surface area contributed by atoms with Crippen molar-refractivity contribution in [1.82, 2.24) is 10.4 Å². The van der Waals surface area contributed by atoms with E-state index in [1.807, 2.05) is 36.4 Å². The lowest BCUT2D eigenvalue weighted by Crippen LogP contribution is -2.46. The van der Waals surface area contributed by atoms with Gasteiger partial charge in [0, 0.05) is 17.0 Å². The van der Waals surface area contributed by atoms with Crippen LogP contribution in [-0.4, -0.2) is 16.6 Å². The number of hydrogen-bond donors (Lipinski definition) is 1. The van der Waals surface area contributed by atoms with Crippen molar-refractivity contribution in [2.45, 2.75) is 42.2 Å². The molecule has 4 bridgehead atoms. The highest BCUT2D eigenvalue weighted by Crippen LogP contribution is 2.52. The predicted molar refractivity (Wildman–Crippen MR) is 128 cm³/mol. The Bertz CT molecular complexity index is 1090. The molecule has 7 rings (SSSR count). The standard InChI is InChI=1S/C25H25N3OS2/c29-24(28-27-23-19-10-16-9-17(12-19)13-20(23)11-16)18-7-5-15(6-8-18)14-30-25-26-21-3-1-2-4-22(21)31-25/h1-8,16-17,19-20H,9-14H2,(H,28,29). The van der Waals surface area contributed by atoms with Crippen LogP contribution in [0.15, 0.2) is 58.0 Å². The quantitative estimate of drug-likeness (QED) is 0.378. The number of nitrogens with zero attached hydrogens (tertiary/aromatic N) is 2. The molecule has 2 aromatic carbocycles. The molecule has 1 aromatic heterocycles. The summed E-state index contributed by atoms with van der Waals surface area (Å²) in [7, 11) is 0. The van der Waals surface area contributed by atoms with Crippen LogP contribution in [0.3, 0.4) is 0 Å². The van der Waals surface area contributed by atoms with Gasteiger partial charge in [-0.15, -0.1) is 11.3 Å². The number of thiazole rings is 1. The van der Waals surface area contributed by atoms with Crippen LogP contribution in [0.1, 0.15) is 48.0 Å². The van der Waals surface area contributed by atoms with Crippen LogP contribution >= 0.6 is 23.1 Å². The maximum atomic E-state index is 12.6. The van der Waals surface area contributed by atoms with Gasteiger partial charge >= 0.3 is 0 Å².